The van der Waals surface area contributed by atoms with E-state index in [0.29, 0.717) is 29.8 Å². The highest BCUT2D eigenvalue weighted by atomic mass is 16.1. The molecule has 3 aromatic rings. The van der Waals surface area contributed by atoms with E-state index in [1.807, 2.05) is 0 Å². The molecule has 7 nitrogen and oxygen atoms in total. The Labute approximate surface area is 188 Å². The van der Waals surface area contributed by atoms with Crippen LogP contribution in [0.4, 0.5) is 11.5 Å². The number of pyridine rings is 2. The van der Waals surface area contributed by atoms with Gasteiger partial charge in [0.05, 0.1) is 5.52 Å². The van der Waals surface area contributed by atoms with Crippen LogP contribution in [0.2, 0.25) is 0 Å². The Morgan fingerprint density at radius 2 is 2.00 bits per heavy atom. The van der Waals surface area contributed by atoms with Crippen LogP contribution in [0.5, 0.6) is 0 Å². The number of nitrogens with zero attached hydrogens (tertiary/aromatic N) is 6. The van der Waals surface area contributed by atoms with E-state index in [0.717, 1.165) is 6.54 Å². The molecule has 0 aliphatic carbocycles. The number of hydrogen-bond donors (Lipinski definition) is 0. The fraction of sp³-hybridized carbons (Fsp3) is 0.360. The highest BCUT2D eigenvalue weighted by Gasteiger charge is 2.32. The molecule has 162 valence electrons. The molecule has 1 aromatic carbocycles. The first-order valence-electron chi connectivity index (χ1n) is 10.7. The van der Waals surface area contributed by atoms with Gasteiger partial charge >= 0.3 is 0 Å². The maximum absolute atomic E-state index is 12.9. The summed E-state index contributed by atoms with van der Waals surface area (Å²) in [5.74, 6) is 0.251. The van der Waals surface area contributed by atoms with Gasteiger partial charge < -0.3 is 14.3 Å². The van der Waals surface area contributed by atoms with Crippen molar-refractivity contribution in [1.29, 1.82) is 5.26 Å². The quantitative estimate of drug-likeness (QED) is 0.594. The number of rotatable bonds is 3. The van der Waals surface area contributed by atoms with Gasteiger partial charge in [-0.15, -0.1) is 4.98 Å². The van der Waals surface area contributed by atoms with E-state index in [-0.39, 0.29) is 29.0 Å². The Hall–Kier alpha value is -3.68. The second kappa shape index (κ2) is 8.45. The largest absolute Gasteiger partial charge is 0.364 e. The van der Waals surface area contributed by atoms with Crippen LogP contribution in [0.15, 0.2) is 41.2 Å². The summed E-state index contributed by atoms with van der Waals surface area (Å²) < 4.78 is 1.44. The van der Waals surface area contributed by atoms with Crippen LogP contribution in [0.1, 0.15) is 36.6 Å². The first-order chi connectivity index (χ1) is 15.4. The Kier molecular flexibility index (Phi) is 5.69. The molecule has 0 N–H and O–H groups in total. The molecule has 2 aromatic heterocycles. The summed E-state index contributed by atoms with van der Waals surface area (Å²) in [7, 11) is 1.64. The van der Waals surface area contributed by atoms with Crippen molar-refractivity contribution in [2.75, 3.05) is 24.5 Å². The van der Waals surface area contributed by atoms with Crippen LogP contribution < -0.4 is 10.5 Å². The Balaban J connectivity index is 1.75. The summed E-state index contributed by atoms with van der Waals surface area (Å²) in [6.45, 7) is 16.0. The molecule has 7 heteroatoms. The van der Waals surface area contributed by atoms with Gasteiger partial charge in [-0.2, -0.15) is 5.26 Å². The zero-order chi connectivity index (χ0) is 23.0. The van der Waals surface area contributed by atoms with Crippen molar-refractivity contribution < 1.29 is 0 Å². The molecule has 3 heterocycles. The van der Waals surface area contributed by atoms with E-state index < -0.39 is 0 Å². The molecule has 32 heavy (non-hydrogen) atoms. The van der Waals surface area contributed by atoms with Gasteiger partial charge in [0.2, 0.25) is 5.52 Å². The second-order valence-electron chi connectivity index (χ2n) is 8.41. The van der Waals surface area contributed by atoms with E-state index in [2.05, 4.69) is 70.7 Å². The average molecular weight is 427 g/mol. The van der Waals surface area contributed by atoms with Crippen LogP contribution in [0.3, 0.4) is 0 Å². The zero-order valence-corrected chi connectivity index (χ0v) is 18.8. The maximum Gasteiger partial charge on any atom is 0.271 e. The molecule has 0 spiro atoms. The van der Waals surface area contributed by atoms with Gasteiger partial charge in [0, 0.05) is 38.8 Å². The minimum Gasteiger partial charge on any atom is -0.364 e. The number of anilines is 1. The third kappa shape index (κ3) is 3.51. The monoisotopic (exact) mass is 426 g/mol. The van der Waals surface area contributed by atoms with E-state index >= 15 is 0 Å². The fourth-order valence-electron chi connectivity index (χ4n) is 4.84. The minimum absolute atomic E-state index is 0.0854. The molecule has 1 aliphatic heterocycles. The van der Waals surface area contributed by atoms with Crippen molar-refractivity contribution in [3.63, 3.8) is 0 Å². The lowest BCUT2D eigenvalue weighted by Gasteiger charge is -2.44. The molecule has 1 saturated heterocycles. The molecular formula is C25H26N6O. The zero-order valence-electron chi connectivity index (χ0n) is 18.8. The predicted molar refractivity (Wildman–Crippen MR) is 126 cm³/mol. The highest BCUT2D eigenvalue weighted by molar-refractivity contribution is 5.92. The third-order valence-electron chi connectivity index (χ3n) is 6.56. The minimum atomic E-state index is -0.337. The fourth-order valence-corrected chi connectivity index (χ4v) is 4.84. The van der Waals surface area contributed by atoms with E-state index in [4.69, 9.17) is 6.57 Å². The summed E-state index contributed by atoms with van der Waals surface area (Å²) in [4.78, 5) is 25.4. The van der Waals surface area contributed by atoms with Gasteiger partial charge in [-0.1, -0.05) is 30.8 Å². The standard InChI is InChI=1S/C25H26N6O/c1-16-8-6-7-9-19(16)18(3)31-13-12-30(15-17(31)2)24-20(14-26)25(32)29(5)21-10-11-22(27-4)28-23(21)24/h6-11,17-18H,12-13,15H2,1-3,5H3/t17-,18?/m1/s1. The summed E-state index contributed by atoms with van der Waals surface area (Å²) in [5.41, 5.74) is 4.04. The average Bonchev–Trinajstić information content (AvgIpc) is 2.80. The van der Waals surface area contributed by atoms with E-state index in [1.54, 1.807) is 19.2 Å². The number of benzene rings is 1. The molecule has 0 saturated carbocycles. The van der Waals surface area contributed by atoms with Crippen LogP contribution in [-0.2, 0) is 7.05 Å². The van der Waals surface area contributed by atoms with Crippen molar-refractivity contribution in [3.8, 4) is 6.07 Å². The second-order valence-corrected chi connectivity index (χ2v) is 8.41. The van der Waals surface area contributed by atoms with Crippen molar-refractivity contribution >= 4 is 22.5 Å². The summed E-state index contributed by atoms with van der Waals surface area (Å²) in [6, 6.07) is 14.4. The lowest BCUT2D eigenvalue weighted by atomic mass is 9.98. The van der Waals surface area contributed by atoms with Gasteiger partial charge in [-0.05, 0) is 44.0 Å². The molecule has 1 fully saturated rings. The van der Waals surface area contributed by atoms with Gasteiger partial charge in [0.25, 0.3) is 11.4 Å². The van der Waals surface area contributed by atoms with Crippen molar-refractivity contribution in [3.05, 3.63) is 74.9 Å². The predicted octanol–water partition coefficient (Wildman–Crippen LogP) is 3.94. The molecule has 0 radical (unpaired) electrons. The van der Waals surface area contributed by atoms with Gasteiger partial charge in [0.15, 0.2) is 0 Å². The lowest BCUT2D eigenvalue weighted by molar-refractivity contribution is 0.138. The topological polar surface area (TPSA) is 69.5 Å². The number of piperazine rings is 1. The molecule has 1 unspecified atom stereocenters. The van der Waals surface area contributed by atoms with Gasteiger partial charge in [-0.25, -0.2) is 0 Å². The molecule has 4 rings (SSSR count). The van der Waals surface area contributed by atoms with Gasteiger partial charge in [-0.3, -0.25) is 9.69 Å². The summed E-state index contributed by atoms with van der Waals surface area (Å²) in [5, 5.41) is 9.84. The van der Waals surface area contributed by atoms with Gasteiger partial charge in [0.1, 0.15) is 17.3 Å². The maximum atomic E-state index is 12.9. The SMILES string of the molecule is [C-]#[N+]c1ccc2c(n1)c(N1CCN(C(C)c3ccccc3C)[C@H](C)C1)c(C#N)c(=O)n2C. The summed E-state index contributed by atoms with van der Waals surface area (Å²) >= 11 is 0. The highest BCUT2D eigenvalue weighted by Crippen LogP contribution is 2.33. The molecular weight excluding hydrogens is 400 g/mol. The molecule has 0 bridgehead atoms. The Morgan fingerprint density at radius 1 is 1.25 bits per heavy atom. The number of hydrogen-bond acceptors (Lipinski definition) is 5. The summed E-state index contributed by atoms with van der Waals surface area (Å²) in [6.07, 6.45) is 0. The van der Waals surface area contributed by atoms with E-state index in [9.17, 15) is 10.1 Å². The number of aromatic nitrogens is 2. The Morgan fingerprint density at radius 3 is 2.66 bits per heavy atom. The van der Waals surface area contributed by atoms with Crippen molar-refractivity contribution in [2.24, 2.45) is 7.05 Å². The molecule has 1 aliphatic rings. The van der Waals surface area contributed by atoms with Crippen LogP contribution in [0.25, 0.3) is 15.9 Å². The van der Waals surface area contributed by atoms with Crippen LogP contribution in [-0.4, -0.2) is 40.1 Å². The van der Waals surface area contributed by atoms with Crippen molar-refractivity contribution in [2.45, 2.75) is 32.9 Å². The molecule has 2 atom stereocenters. The lowest BCUT2D eigenvalue weighted by Crippen LogP contribution is -2.53. The smallest absolute Gasteiger partial charge is 0.271 e. The normalized spacial score (nSPS) is 17.7. The van der Waals surface area contributed by atoms with Crippen LogP contribution in [0, 0.1) is 24.8 Å². The number of aryl methyl sites for hydroxylation is 2. The first-order valence-corrected chi connectivity index (χ1v) is 10.7. The Bertz CT molecular complexity index is 1330. The number of fused-ring (bicyclic) bond motifs is 1. The van der Waals surface area contributed by atoms with Crippen LogP contribution >= 0.6 is 0 Å². The van der Waals surface area contributed by atoms with Crippen molar-refractivity contribution in [1.82, 2.24) is 14.5 Å². The van der Waals surface area contributed by atoms with E-state index in [1.165, 1.54) is 15.7 Å². The number of nitriles is 1. The molecule has 0 amide bonds. The third-order valence-corrected chi connectivity index (χ3v) is 6.56. The first kappa shape index (κ1) is 21.5.